The van der Waals surface area contributed by atoms with Crippen LogP contribution < -0.4 is 10.5 Å². The molecule has 28 heavy (non-hydrogen) atoms. The van der Waals surface area contributed by atoms with Crippen LogP contribution in [0, 0.1) is 11.6 Å². The van der Waals surface area contributed by atoms with Crippen molar-refractivity contribution < 1.29 is 26.4 Å². The number of nitrogens with zero attached hydrogens (tertiary/aromatic N) is 1. The Morgan fingerprint density at radius 1 is 1.21 bits per heavy atom. The van der Waals surface area contributed by atoms with Gasteiger partial charge in [0.1, 0.15) is 15.8 Å². The number of oxazole rings is 1. The lowest BCUT2D eigenvalue weighted by Gasteiger charge is -2.02. The highest BCUT2D eigenvalue weighted by atomic mass is 32.2. The van der Waals surface area contributed by atoms with Crippen LogP contribution in [-0.4, -0.2) is 19.3 Å². The molecule has 0 spiro atoms. The van der Waals surface area contributed by atoms with Gasteiger partial charge in [-0.25, -0.2) is 27.3 Å². The van der Waals surface area contributed by atoms with Gasteiger partial charge in [0.05, 0.1) is 18.3 Å². The fourth-order valence-corrected chi connectivity index (χ4v) is 4.09. The number of nitrogens with two attached hydrogens (primary N) is 1. The number of rotatable bonds is 7. The first kappa shape index (κ1) is 20.1. The van der Waals surface area contributed by atoms with E-state index >= 15 is 0 Å². The average molecular weight is 427 g/mol. The van der Waals surface area contributed by atoms with Gasteiger partial charge in [-0.1, -0.05) is 6.07 Å². The molecule has 0 radical (unpaired) electrons. The predicted molar refractivity (Wildman–Crippen MR) is 97.7 cm³/mol. The van der Waals surface area contributed by atoms with Gasteiger partial charge in [-0.05, 0) is 24.3 Å². The van der Waals surface area contributed by atoms with Crippen LogP contribution in [0.1, 0.15) is 17.2 Å². The molecule has 0 unspecified atom stereocenters. The van der Waals surface area contributed by atoms with E-state index in [1.54, 1.807) is 6.07 Å². The maximum Gasteiger partial charge on any atom is 0.247 e. The number of aromatic nitrogens is 1. The van der Waals surface area contributed by atoms with E-state index in [1.807, 2.05) is 0 Å². The Balaban J connectivity index is 1.54. The summed E-state index contributed by atoms with van der Waals surface area (Å²) in [7, 11) is -3.76. The molecule has 0 aliphatic heterocycles. The van der Waals surface area contributed by atoms with Gasteiger partial charge in [-0.2, -0.15) is 0 Å². The Bertz CT molecular complexity index is 1090. The number of thiophene rings is 1. The topological polar surface area (TPSA) is 115 Å². The van der Waals surface area contributed by atoms with Crippen molar-refractivity contribution in [3.63, 3.8) is 0 Å². The van der Waals surface area contributed by atoms with E-state index in [0.29, 0.717) is 4.88 Å². The van der Waals surface area contributed by atoms with Crippen LogP contribution in [0.5, 0.6) is 0 Å². The lowest BCUT2D eigenvalue weighted by Crippen LogP contribution is -2.22. The standard InChI is InChI=1S/C17H15F2N3O4S2/c18-11-2-1-3-12(19)17(11)13-9-22-15(26-13)6-5-14(23)21-8-10-4-7-16(27-10)28(20,24)25/h1-4,7,9H,5-6,8H2,(H,21,23)(H2,20,24,25). The van der Waals surface area contributed by atoms with Gasteiger partial charge < -0.3 is 9.73 Å². The summed E-state index contributed by atoms with van der Waals surface area (Å²) >= 11 is 0.970. The molecule has 2 aromatic heterocycles. The fourth-order valence-electron chi connectivity index (χ4n) is 2.38. The highest BCUT2D eigenvalue weighted by Gasteiger charge is 2.16. The van der Waals surface area contributed by atoms with Crippen molar-refractivity contribution in [2.24, 2.45) is 5.14 Å². The van der Waals surface area contributed by atoms with Crippen LogP contribution in [0.15, 0.2) is 45.2 Å². The molecule has 0 atom stereocenters. The number of halogens is 2. The van der Waals surface area contributed by atoms with Gasteiger partial charge in [-0.3, -0.25) is 4.79 Å². The number of hydrogen-bond acceptors (Lipinski definition) is 6. The molecule has 3 rings (SSSR count). The van der Waals surface area contributed by atoms with E-state index < -0.39 is 21.7 Å². The minimum absolute atomic E-state index is 0.0180. The maximum atomic E-state index is 13.8. The second kappa shape index (κ2) is 8.17. The first-order valence-corrected chi connectivity index (χ1v) is 10.4. The van der Waals surface area contributed by atoms with Gasteiger partial charge in [0.2, 0.25) is 15.9 Å². The lowest BCUT2D eigenvalue weighted by atomic mass is 10.1. The molecule has 3 N–H and O–H groups in total. The second-order valence-electron chi connectivity index (χ2n) is 5.76. The molecule has 1 amide bonds. The molecule has 2 heterocycles. The number of carbonyl (C=O) groups is 1. The van der Waals surface area contributed by atoms with Gasteiger partial charge in [0.15, 0.2) is 11.7 Å². The minimum atomic E-state index is -3.76. The number of aryl methyl sites for hydroxylation is 1. The van der Waals surface area contributed by atoms with Gasteiger partial charge in [0.25, 0.3) is 0 Å². The third-order valence-corrected chi connectivity index (χ3v) is 6.23. The summed E-state index contributed by atoms with van der Waals surface area (Å²) in [4.78, 5) is 16.5. The molecule has 0 saturated carbocycles. The summed E-state index contributed by atoms with van der Waals surface area (Å²) < 4.78 is 55.3. The third kappa shape index (κ3) is 4.80. The molecule has 0 saturated heterocycles. The van der Waals surface area contributed by atoms with Crippen molar-refractivity contribution >= 4 is 27.3 Å². The van der Waals surface area contributed by atoms with E-state index in [4.69, 9.17) is 9.56 Å². The molecule has 7 nitrogen and oxygen atoms in total. The number of nitrogens with one attached hydrogen (secondary N) is 1. The van der Waals surface area contributed by atoms with E-state index in [-0.39, 0.29) is 46.7 Å². The molecule has 1 aromatic carbocycles. The largest absolute Gasteiger partial charge is 0.441 e. The van der Waals surface area contributed by atoms with E-state index in [0.717, 1.165) is 23.5 Å². The van der Waals surface area contributed by atoms with Crippen LogP contribution >= 0.6 is 11.3 Å². The highest BCUT2D eigenvalue weighted by molar-refractivity contribution is 7.91. The summed E-state index contributed by atoms with van der Waals surface area (Å²) in [5.41, 5.74) is -0.311. The van der Waals surface area contributed by atoms with Crippen LogP contribution in [0.25, 0.3) is 11.3 Å². The smallest absolute Gasteiger partial charge is 0.247 e. The zero-order chi connectivity index (χ0) is 20.3. The first-order chi connectivity index (χ1) is 13.2. The molecule has 148 valence electrons. The molecule has 3 aromatic rings. The Hall–Kier alpha value is -2.63. The minimum Gasteiger partial charge on any atom is -0.441 e. The normalized spacial score (nSPS) is 11.5. The third-order valence-electron chi connectivity index (χ3n) is 3.71. The van der Waals surface area contributed by atoms with Crippen molar-refractivity contribution in [2.75, 3.05) is 0 Å². The number of primary sulfonamides is 1. The van der Waals surface area contributed by atoms with Gasteiger partial charge in [-0.15, -0.1) is 11.3 Å². The monoisotopic (exact) mass is 427 g/mol. The van der Waals surface area contributed by atoms with E-state index in [1.165, 1.54) is 18.3 Å². The Morgan fingerprint density at radius 2 is 1.93 bits per heavy atom. The summed E-state index contributed by atoms with van der Waals surface area (Å²) in [6.07, 6.45) is 1.37. The van der Waals surface area contributed by atoms with Crippen LogP contribution in [0.3, 0.4) is 0 Å². The second-order valence-corrected chi connectivity index (χ2v) is 8.71. The van der Waals surface area contributed by atoms with Crippen LogP contribution in [0.2, 0.25) is 0 Å². The quantitative estimate of drug-likeness (QED) is 0.601. The number of benzene rings is 1. The molecular formula is C17H15F2N3O4S2. The SMILES string of the molecule is NS(=O)(=O)c1ccc(CNC(=O)CCc2ncc(-c3c(F)cccc3F)o2)s1. The van der Waals surface area contributed by atoms with Gasteiger partial charge in [0, 0.05) is 17.7 Å². The highest BCUT2D eigenvalue weighted by Crippen LogP contribution is 2.26. The van der Waals surface area contributed by atoms with E-state index in [2.05, 4.69) is 10.3 Å². The molecule has 0 bridgehead atoms. The predicted octanol–water partition coefficient (Wildman–Crippen LogP) is 2.58. The fraction of sp³-hybridized carbons (Fsp3) is 0.176. The Morgan fingerprint density at radius 3 is 2.57 bits per heavy atom. The lowest BCUT2D eigenvalue weighted by molar-refractivity contribution is -0.121. The molecule has 0 fully saturated rings. The zero-order valence-electron chi connectivity index (χ0n) is 14.3. The molecule has 11 heteroatoms. The van der Waals surface area contributed by atoms with Crippen LogP contribution in [-0.2, 0) is 27.8 Å². The van der Waals surface area contributed by atoms with Crippen LogP contribution in [0.4, 0.5) is 8.78 Å². The number of hydrogen-bond donors (Lipinski definition) is 2. The van der Waals surface area contributed by atoms with Gasteiger partial charge >= 0.3 is 0 Å². The van der Waals surface area contributed by atoms with Crippen molar-refractivity contribution in [1.82, 2.24) is 10.3 Å². The molecule has 0 aliphatic rings. The number of amides is 1. The maximum absolute atomic E-state index is 13.8. The summed E-state index contributed by atoms with van der Waals surface area (Å²) in [6, 6.07) is 6.40. The van der Waals surface area contributed by atoms with Crippen molar-refractivity contribution in [2.45, 2.75) is 23.6 Å². The summed E-state index contributed by atoms with van der Waals surface area (Å²) in [5.74, 6) is -1.74. The zero-order valence-corrected chi connectivity index (χ0v) is 15.9. The number of carbonyl (C=O) groups excluding carboxylic acids is 1. The summed E-state index contributed by atoms with van der Waals surface area (Å²) in [6.45, 7) is 0.149. The summed E-state index contributed by atoms with van der Waals surface area (Å²) in [5, 5.41) is 7.67. The van der Waals surface area contributed by atoms with Crippen molar-refractivity contribution in [3.05, 3.63) is 58.9 Å². The first-order valence-electron chi connectivity index (χ1n) is 8.01. The average Bonchev–Trinajstić information content (AvgIpc) is 3.27. The Labute approximate surface area is 163 Å². The molecular weight excluding hydrogens is 412 g/mol. The van der Waals surface area contributed by atoms with Crippen molar-refractivity contribution in [3.8, 4) is 11.3 Å². The van der Waals surface area contributed by atoms with Crippen molar-refractivity contribution in [1.29, 1.82) is 0 Å². The Kier molecular flexibility index (Phi) is 5.87. The molecule has 0 aliphatic carbocycles. The number of sulfonamides is 1. The van der Waals surface area contributed by atoms with E-state index in [9.17, 15) is 22.0 Å².